The number of ether oxygens (including phenoxy) is 1. The van der Waals surface area contributed by atoms with Gasteiger partial charge >= 0.3 is 0 Å². The van der Waals surface area contributed by atoms with Crippen molar-refractivity contribution in [3.63, 3.8) is 0 Å². The summed E-state index contributed by atoms with van der Waals surface area (Å²) in [7, 11) is 1.69. The van der Waals surface area contributed by atoms with Crippen LogP contribution in [0.2, 0.25) is 0 Å². The van der Waals surface area contributed by atoms with Gasteiger partial charge in [0.05, 0.1) is 7.11 Å². The van der Waals surface area contributed by atoms with Gasteiger partial charge in [0.25, 0.3) is 5.91 Å². The molecule has 6 heteroatoms. The maximum absolute atomic E-state index is 12.6. The first kappa shape index (κ1) is 24.8. The van der Waals surface area contributed by atoms with Gasteiger partial charge in [-0.05, 0) is 47.2 Å². The minimum absolute atomic E-state index is 0.0546. The lowest BCUT2D eigenvalue weighted by atomic mass is 9.87. The minimum atomic E-state index is -0.136. The fraction of sp³-hybridized carbons (Fsp3) is 0.481. The molecule has 178 valence electrons. The van der Waals surface area contributed by atoms with Crippen molar-refractivity contribution in [2.45, 2.75) is 46.1 Å². The highest BCUT2D eigenvalue weighted by atomic mass is 16.5. The van der Waals surface area contributed by atoms with E-state index in [0.29, 0.717) is 18.5 Å². The van der Waals surface area contributed by atoms with Gasteiger partial charge in [-0.15, -0.1) is 0 Å². The van der Waals surface area contributed by atoms with Gasteiger partial charge in [-0.2, -0.15) is 0 Å². The molecular weight excluding hydrogens is 414 g/mol. The first-order valence-corrected chi connectivity index (χ1v) is 11.7. The summed E-state index contributed by atoms with van der Waals surface area (Å²) in [5, 5.41) is 2.88. The molecule has 0 aromatic heterocycles. The van der Waals surface area contributed by atoms with Crippen LogP contribution in [0.5, 0.6) is 5.75 Å². The van der Waals surface area contributed by atoms with Crippen molar-refractivity contribution in [3.05, 3.63) is 64.7 Å². The van der Waals surface area contributed by atoms with Crippen LogP contribution >= 0.6 is 0 Å². The summed E-state index contributed by atoms with van der Waals surface area (Å²) in [6, 6.07) is 14.0. The Balaban J connectivity index is 1.39. The molecule has 0 unspecified atom stereocenters. The van der Waals surface area contributed by atoms with Crippen LogP contribution in [0, 0.1) is 6.92 Å². The van der Waals surface area contributed by atoms with Gasteiger partial charge in [-0.25, -0.2) is 0 Å². The number of amides is 2. The van der Waals surface area contributed by atoms with E-state index in [4.69, 9.17) is 4.74 Å². The van der Waals surface area contributed by atoms with E-state index in [1.807, 2.05) is 35.2 Å². The molecule has 1 saturated heterocycles. The Morgan fingerprint density at radius 2 is 1.67 bits per heavy atom. The lowest BCUT2D eigenvalue weighted by molar-refractivity contribution is -0.132. The molecule has 1 N–H and O–H groups in total. The molecular formula is C27H37N3O3. The summed E-state index contributed by atoms with van der Waals surface area (Å²) in [5.41, 5.74) is 4.26. The van der Waals surface area contributed by atoms with Gasteiger partial charge in [0.15, 0.2) is 0 Å². The summed E-state index contributed by atoms with van der Waals surface area (Å²) in [4.78, 5) is 29.3. The fourth-order valence-corrected chi connectivity index (χ4v) is 4.12. The van der Waals surface area contributed by atoms with E-state index in [1.54, 1.807) is 7.11 Å². The number of hydrogen-bond acceptors (Lipinski definition) is 4. The fourth-order valence-electron chi connectivity index (χ4n) is 4.12. The van der Waals surface area contributed by atoms with Crippen LogP contribution in [0.15, 0.2) is 42.5 Å². The summed E-state index contributed by atoms with van der Waals surface area (Å²) >= 11 is 0. The van der Waals surface area contributed by atoms with Gasteiger partial charge in [-0.1, -0.05) is 45.0 Å². The minimum Gasteiger partial charge on any atom is -0.496 e. The number of carbonyl (C=O) groups is 2. The van der Waals surface area contributed by atoms with Crippen LogP contribution in [0.25, 0.3) is 0 Å². The quantitative estimate of drug-likeness (QED) is 0.696. The lowest BCUT2D eigenvalue weighted by Gasteiger charge is -2.35. The van der Waals surface area contributed by atoms with Gasteiger partial charge in [0.2, 0.25) is 5.91 Å². The van der Waals surface area contributed by atoms with Crippen molar-refractivity contribution in [2.75, 3.05) is 39.8 Å². The smallest absolute Gasteiger partial charge is 0.251 e. The van der Waals surface area contributed by atoms with Gasteiger partial charge in [-0.3, -0.25) is 14.5 Å². The van der Waals surface area contributed by atoms with E-state index in [-0.39, 0.29) is 17.2 Å². The second-order valence-corrected chi connectivity index (χ2v) is 9.79. The Morgan fingerprint density at radius 1 is 1.00 bits per heavy atom. The van der Waals surface area contributed by atoms with E-state index in [2.05, 4.69) is 50.0 Å². The van der Waals surface area contributed by atoms with Crippen LogP contribution in [-0.2, 0) is 16.8 Å². The lowest BCUT2D eigenvalue weighted by Crippen LogP contribution is -2.48. The van der Waals surface area contributed by atoms with Crippen molar-refractivity contribution in [2.24, 2.45) is 0 Å². The number of nitrogens with zero attached hydrogens (tertiary/aromatic N) is 2. The molecule has 0 atom stereocenters. The number of nitrogens with one attached hydrogen (secondary N) is 1. The van der Waals surface area contributed by atoms with Crippen molar-refractivity contribution >= 4 is 11.8 Å². The van der Waals surface area contributed by atoms with E-state index in [9.17, 15) is 9.59 Å². The zero-order valence-corrected chi connectivity index (χ0v) is 20.6. The molecule has 0 bridgehead atoms. The molecule has 1 heterocycles. The average Bonchev–Trinajstić information content (AvgIpc) is 2.79. The average molecular weight is 452 g/mol. The molecule has 3 rings (SSSR count). The topological polar surface area (TPSA) is 61.9 Å². The third-order valence-corrected chi connectivity index (χ3v) is 6.23. The zero-order valence-electron chi connectivity index (χ0n) is 20.6. The van der Waals surface area contributed by atoms with Crippen LogP contribution in [0.1, 0.15) is 54.2 Å². The number of aryl methyl sites for hydroxylation is 1. The summed E-state index contributed by atoms with van der Waals surface area (Å²) in [6.45, 7) is 12.9. The molecule has 1 aliphatic rings. The second-order valence-electron chi connectivity index (χ2n) is 9.79. The van der Waals surface area contributed by atoms with E-state index >= 15 is 0 Å². The van der Waals surface area contributed by atoms with Crippen molar-refractivity contribution in [1.82, 2.24) is 15.1 Å². The number of hydrogen-bond donors (Lipinski definition) is 1. The van der Waals surface area contributed by atoms with Crippen molar-refractivity contribution in [3.8, 4) is 5.75 Å². The van der Waals surface area contributed by atoms with Crippen LogP contribution < -0.4 is 10.1 Å². The normalized spacial score (nSPS) is 14.8. The van der Waals surface area contributed by atoms with Gasteiger partial charge in [0.1, 0.15) is 5.75 Å². The molecule has 33 heavy (non-hydrogen) atoms. The number of piperazine rings is 1. The third-order valence-electron chi connectivity index (χ3n) is 6.23. The predicted octanol–water partition coefficient (Wildman–Crippen LogP) is 3.77. The number of carbonyl (C=O) groups excluding carboxylic acids is 2. The van der Waals surface area contributed by atoms with Crippen molar-refractivity contribution < 1.29 is 14.3 Å². The van der Waals surface area contributed by atoms with Crippen LogP contribution in [0.3, 0.4) is 0 Å². The van der Waals surface area contributed by atoms with Gasteiger partial charge < -0.3 is 15.0 Å². The molecule has 6 nitrogen and oxygen atoms in total. The number of rotatable bonds is 7. The molecule has 0 saturated carbocycles. The van der Waals surface area contributed by atoms with Gasteiger partial charge in [0, 0.05) is 51.3 Å². The highest BCUT2D eigenvalue weighted by molar-refractivity contribution is 5.94. The number of methoxy groups -OCH3 is 1. The van der Waals surface area contributed by atoms with E-state index in [1.165, 1.54) is 11.1 Å². The molecule has 2 aromatic carbocycles. The Labute approximate surface area is 197 Å². The highest BCUT2D eigenvalue weighted by Crippen LogP contribution is 2.22. The largest absolute Gasteiger partial charge is 0.496 e. The maximum atomic E-state index is 12.6. The summed E-state index contributed by atoms with van der Waals surface area (Å²) < 4.78 is 5.34. The van der Waals surface area contributed by atoms with Crippen LogP contribution in [-0.4, -0.2) is 61.4 Å². The van der Waals surface area contributed by atoms with Crippen LogP contribution in [0.4, 0.5) is 0 Å². The SMILES string of the molecule is COc1ccc(CN2CCN(C(=O)CCNC(=O)c3ccc(C(C)(C)C)cc3)CC2)cc1C. The Kier molecular flexibility index (Phi) is 8.14. The Bertz CT molecular complexity index is 956. The van der Waals surface area contributed by atoms with E-state index in [0.717, 1.165) is 44.0 Å². The third kappa shape index (κ3) is 6.81. The zero-order chi connectivity index (χ0) is 24.0. The molecule has 0 spiro atoms. The predicted molar refractivity (Wildman–Crippen MR) is 132 cm³/mol. The highest BCUT2D eigenvalue weighted by Gasteiger charge is 2.21. The Hall–Kier alpha value is -2.86. The van der Waals surface area contributed by atoms with Crippen molar-refractivity contribution in [1.29, 1.82) is 0 Å². The summed E-state index contributed by atoms with van der Waals surface area (Å²) in [6.07, 6.45) is 0.323. The molecule has 1 fully saturated rings. The standard InChI is InChI=1S/C27H37N3O3/c1-20-18-21(6-11-24(20)33-5)19-29-14-16-30(17-15-29)25(31)12-13-28-26(32)22-7-9-23(10-8-22)27(2,3)4/h6-11,18H,12-17,19H2,1-5H3,(H,28,32). The molecule has 1 aliphatic heterocycles. The Morgan fingerprint density at radius 3 is 2.24 bits per heavy atom. The second kappa shape index (κ2) is 10.8. The molecule has 0 aliphatic carbocycles. The van der Waals surface area contributed by atoms with E-state index < -0.39 is 0 Å². The molecule has 2 aromatic rings. The number of benzene rings is 2. The maximum Gasteiger partial charge on any atom is 0.251 e. The molecule has 2 amide bonds. The first-order valence-electron chi connectivity index (χ1n) is 11.7. The monoisotopic (exact) mass is 451 g/mol. The first-order chi connectivity index (χ1) is 15.7. The molecule has 0 radical (unpaired) electrons. The summed E-state index contributed by atoms with van der Waals surface area (Å²) in [5.74, 6) is 0.865.